The van der Waals surface area contributed by atoms with Gasteiger partial charge >= 0.3 is 0 Å². The topological polar surface area (TPSA) is 36.4 Å². The highest BCUT2D eigenvalue weighted by Crippen LogP contribution is 2.33. The zero-order valence-electron chi connectivity index (χ0n) is 14.5. The molecule has 2 heterocycles. The Bertz CT molecular complexity index is 660. The first-order chi connectivity index (χ1) is 11.0. The molecule has 0 saturated carbocycles. The molecule has 0 spiro atoms. The number of hydrogen-bond donors (Lipinski definition) is 1. The van der Waals surface area contributed by atoms with E-state index in [-0.39, 0.29) is 0 Å². The van der Waals surface area contributed by atoms with Gasteiger partial charge in [-0.25, -0.2) is 0 Å². The molecule has 1 aliphatic rings. The van der Waals surface area contributed by atoms with Gasteiger partial charge < -0.3 is 5.11 Å². The van der Waals surface area contributed by atoms with Crippen molar-refractivity contribution in [1.29, 1.82) is 0 Å². The minimum atomic E-state index is -0.530. The van der Waals surface area contributed by atoms with E-state index in [9.17, 15) is 5.11 Å². The second kappa shape index (κ2) is 6.58. The Morgan fingerprint density at radius 2 is 2.09 bits per heavy atom. The minimum absolute atomic E-state index is 0.346. The lowest BCUT2D eigenvalue weighted by molar-refractivity contribution is -0.0663. The fraction of sp³-hybridized carbons (Fsp3) is 0.550. The molecule has 1 aliphatic heterocycles. The maximum Gasteiger partial charge on any atom is 0.0746 e. The molecule has 3 heteroatoms. The summed E-state index contributed by atoms with van der Waals surface area (Å²) in [6.07, 6.45) is 3.80. The van der Waals surface area contributed by atoms with Gasteiger partial charge in [-0.3, -0.25) is 9.88 Å². The molecule has 1 aromatic heterocycles. The molecule has 3 nitrogen and oxygen atoms in total. The first kappa shape index (κ1) is 16.4. The Labute approximate surface area is 139 Å². The Balaban J connectivity index is 1.77. The number of para-hydroxylation sites is 1. The summed E-state index contributed by atoms with van der Waals surface area (Å²) < 4.78 is 0. The number of aliphatic hydroxyl groups is 1. The van der Waals surface area contributed by atoms with E-state index in [1.165, 1.54) is 10.9 Å². The lowest BCUT2D eigenvalue weighted by Crippen LogP contribution is -2.50. The zero-order chi connectivity index (χ0) is 16.4. The predicted molar refractivity (Wildman–Crippen MR) is 95.2 cm³/mol. The molecule has 0 unspecified atom stereocenters. The van der Waals surface area contributed by atoms with Crippen molar-refractivity contribution in [2.24, 2.45) is 11.8 Å². The van der Waals surface area contributed by atoms with Gasteiger partial charge in [0, 0.05) is 37.1 Å². The highest BCUT2D eigenvalue weighted by molar-refractivity contribution is 5.81. The maximum atomic E-state index is 10.7. The van der Waals surface area contributed by atoms with Crippen molar-refractivity contribution < 1.29 is 5.11 Å². The van der Waals surface area contributed by atoms with Crippen LogP contribution in [0.5, 0.6) is 0 Å². The number of rotatable bonds is 4. The summed E-state index contributed by atoms with van der Waals surface area (Å²) >= 11 is 0. The van der Waals surface area contributed by atoms with Crippen molar-refractivity contribution in [3.8, 4) is 0 Å². The van der Waals surface area contributed by atoms with E-state index in [2.05, 4.69) is 48.0 Å². The molecule has 1 N–H and O–H groups in total. The maximum absolute atomic E-state index is 10.7. The van der Waals surface area contributed by atoms with Gasteiger partial charge in [0.05, 0.1) is 11.1 Å². The summed E-state index contributed by atoms with van der Waals surface area (Å²) in [5.41, 5.74) is 1.86. The van der Waals surface area contributed by atoms with Crippen LogP contribution < -0.4 is 0 Å². The molecule has 1 aromatic carbocycles. The van der Waals surface area contributed by atoms with Gasteiger partial charge in [0.2, 0.25) is 0 Å². The molecule has 0 amide bonds. The molecular formula is C20H28N2O. The molecule has 2 aromatic rings. The third-order valence-corrected chi connectivity index (χ3v) is 5.16. The number of aromatic nitrogens is 1. The van der Waals surface area contributed by atoms with Crippen LogP contribution in [0.3, 0.4) is 0 Å². The Morgan fingerprint density at radius 3 is 2.87 bits per heavy atom. The summed E-state index contributed by atoms with van der Waals surface area (Å²) in [6.45, 7) is 9.32. The van der Waals surface area contributed by atoms with Crippen LogP contribution in [0.2, 0.25) is 0 Å². The predicted octanol–water partition coefficient (Wildman–Crippen LogP) is 3.85. The molecule has 1 saturated heterocycles. The second-order valence-corrected chi connectivity index (χ2v) is 7.66. The van der Waals surface area contributed by atoms with Crippen LogP contribution in [0.4, 0.5) is 0 Å². The minimum Gasteiger partial charge on any atom is -0.390 e. The van der Waals surface area contributed by atoms with E-state index >= 15 is 0 Å². The number of hydrogen-bond acceptors (Lipinski definition) is 3. The molecule has 124 valence electrons. The summed E-state index contributed by atoms with van der Waals surface area (Å²) in [7, 11) is 0. The van der Waals surface area contributed by atoms with Crippen molar-refractivity contribution in [3.05, 3.63) is 42.1 Å². The lowest BCUT2D eigenvalue weighted by atomic mass is 9.78. The van der Waals surface area contributed by atoms with E-state index in [4.69, 9.17) is 0 Å². The molecular weight excluding hydrogens is 284 g/mol. The van der Waals surface area contributed by atoms with Crippen molar-refractivity contribution >= 4 is 10.9 Å². The van der Waals surface area contributed by atoms with Gasteiger partial charge in [-0.15, -0.1) is 0 Å². The van der Waals surface area contributed by atoms with Crippen LogP contribution in [-0.2, 0) is 6.54 Å². The molecule has 2 atom stereocenters. The fourth-order valence-corrected chi connectivity index (χ4v) is 3.77. The highest BCUT2D eigenvalue weighted by Gasteiger charge is 2.37. The third kappa shape index (κ3) is 3.73. The Morgan fingerprint density at radius 1 is 1.30 bits per heavy atom. The van der Waals surface area contributed by atoms with E-state index in [0.29, 0.717) is 11.8 Å². The van der Waals surface area contributed by atoms with Gasteiger partial charge in [-0.05, 0) is 37.3 Å². The quantitative estimate of drug-likeness (QED) is 0.931. The molecule has 0 bridgehead atoms. The highest BCUT2D eigenvalue weighted by atomic mass is 16.3. The van der Waals surface area contributed by atoms with Crippen LogP contribution in [0.15, 0.2) is 36.5 Å². The van der Waals surface area contributed by atoms with Gasteiger partial charge in [0.1, 0.15) is 0 Å². The lowest BCUT2D eigenvalue weighted by Gasteiger charge is -2.43. The van der Waals surface area contributed by atoms with Crippen LogP contribution in [0, 0.1) is 11.8 Å². The Hall–Kier alpha value is -1.45. The molecule has 3 rings (SSSR count). The van der Waals surface area contributed by atoms with Crippen LogP contribution in [0.25, 0.3) is 10.9 Å². The van der Waals surface area contributed by atoms with Crippen LogP contribution in [-0.4, -0.2) is 33.7 Å². The zero-order valence-corrected chi connectivity index (χ0v) is 14.5. The third-order valence-electron chi connectivity index (χ3n) is 5.16. The molecule has 1 fully saturated rings. The van der Waals surface area contributed by atoms with E-state index < -0.39 is 5.60 Å². The summed E-state index contributed by atoms with van der Waals surface area (Å²) in [4.78, 5) is 7.05. The molecule has 0 radical (unpaired) electrons. The van der Waals surface area contributed by atoms with Crippen molar-refractivity contribution in [2.75, 3.05) is 13.1 Å². The first-order valence-corrected chi connectivity index (χ1v) is 8.73. The van der Waals surface area contributed by atoms with Crippen molar-refractivity contribution in [2.45, 2.75) is 45.8 Å². The largest absolute Gasteiger partial charge is 0.390 e. The van der Waals surface area contributed by atoms with Crippen LogP contribution >= 0.6 is 0 Å². The van der Waals surface area contributed by atoms with E-state index in [0.717, 1.165) is 38.0 Å². The van der Waals surface area contributed by atoms with Gasteiger partial charge in [0.15, 0.2) is 0 Å². The first-order valence-electron chi connectivity index (χ1n) is 8.73. The van der Waals surface area contributed by atoms with Crippen molar-refractivity contribution in [3.63, 3.8) is 0 Å². The average molecular weight is 312 g/mol. The number of pyridine rings is 1. The normalized spacial score (nSPS) is 26.0. The molecule has 23 heavy (non-hydrogen) atoms. The number of fused-ring (bicyclic) bond motifs is 1. The SMILES string of the molecule is CC(C)C[C@@H]1CN(Cc2cccc3cccnc23)CC[C@]1(C)O. The summed E-state index contributed by atoms with van der Waals surface area (Å²) in [5.74, 6) is 0.963. The number of nitrogens with zero attached hydrogens (tertiary/aromatic N) is 2. The monoisotopic (exact) mass is 312 g/mol. The van der Waals surface area contributed by atoms with Gasteiger partial charge in [-0.2, -0.15) is 0 Å². The standard InChI is InChI=1S/C20H28N2O/c1-15(2)12-18-14-22(11-9-20(18,3)23)13-17-7-4-6-16-8-5-10-21-19(16)17/h4-8,10,15,18,23H,9,11-14H2,1-3H3/t18-,20+/m1/s1. The second-order valence-electron chi connectivity index (χ2n) is 7.66. The number of piperidine rings is 1. The molecule has 0 aliphatic carbocycles. The van der Waals surface area contributed by atoms with Gasteiger partial charge in [0.25, 0.3) is 0 Å². The smallest absolute Gasteiger partial charge is 0.0746 e. The van der Waals surface area contributed by atoms with Gasteiger partial charge in [-0.1, -0.05) is 38.1 Å². The van der Waals surface area contributed by atoms with E-state index in [1.54, 1.807) is 0 Å². The van der Waals surface area contributed by atoms with E-state index in [1.807, 2.05) is 19.2 Å². The Kier molecular flexibility index (Phi) is 4.69. The fourth-order valence-electron chi connectivity index (χ4n) is 3.77. The average Bonchev–Trinajstić information content (AvgIpc) is 2.51. The number of likely N-dealkylation sites (tertiary alicyclic amines) is 1. The van der Waals surface area contributed by atoms with Crippen molar-refractivity contribution in [1.82, 2.24) is 9.88 Å². The number of benzene rings is 1. The van der Waals surface area contributed by atoms with Crippen LogP contribution in [0.1, 0.15) is 39.2 Å². The summed E-state index contributed by atoms with van der Waals surface area (Å²) in [5, 5.41) is 11.9. The summed E-state index contributed by atoms with van der Waals surface area (Å²) in [6, 6.07) is 10.5.